The van der Waals surface area contributed by atoms with Crippen LogP contribution < -0.4 is 14.8 Å². The van der Waals surface area contributed by atoms with Gasteiger partial charge in [-0.05, 0) is 50.5 Å². The predicted molar refractivity (Wildman–Crippen MR) is 102 cm³/mol. The van der Waals surface area contributed by atoms with E-state index in [9.17, 15) is 10.1 Å². The summed E-state index contributed by atoms with van der Waals surface area (Å²) in [5.74, 6) is 0.561. The molecule has 0 heterocycles. The Kier molecular flexibility index (Phi) is 7.35. The molecule has 2 rings (SSSR count). The molecule has 140 valence electrons. The Morgan fingerprint density at radius 2 is 2.04 bits per heavy atom. The molecule has 1 amide bonds. The van der Waals surface area contributed by atoms with E-state index in [0.717, 1.165) is 25.7 Å². The fraction of sp³-hybridized carbons (Fsp3) is 0.500. The highest BCUT2D eigenvalue weighted by Gasteiger charge is 2.19. The molecule has 0 radical (unpaired) electrons. The predicted octanol–water partition coefficient (Wildman–Crippen LogP) is 4.49. The summed E-state index contributed by atoms with van der Waals surface area (Å²) in [6, 6.07) is 5.49. The summed E-state index contributed by atoms with van der Waals surface area (Å²) in [6.45, 7) is 3.79. The van der Waals surface area contributed by atoms with Crippen LogP contribution in [0.15, 0.2) is 17.7 Å². The molecule has 1 aromatic carbocycles. The minimum Gasteiger partial charge on any atom is -0.493 e. The molecule has 1 N–H and O–H groups in total. The minimum absolute atomic E-state index is 0.0474. The van der Waals surface area contributed by atoms with Crippen molar-refractivity contribution in [3.63, 3.8) is 0 Å². The Labute approximate surface area is 159 Å². The molecule has 0 aromatic heterocycles. The first-order chi connectivity index (χ1) is 12.4. The average Bonchev–Trinajstić information content (AvgIpc) is 2.62. The molecule has 0 unspecified atom stereocenters. The zero-order valence-electron chi connectivity index (χ0n) is 15.5. The monoisotopic (exact) mass is 376 g/mol. The van der Waals surface area contributed by atoms with Gasteiger partial charge in [0.1, 0.15) is 11.6 Å². The summed E-state index contributed by atoms with van der Waals surface area (Å²) in [4.78, 5) is 12.4. The maximum atomic E-state index is 12.4. The van der Waals surface area contributed by atoms with E-state index in [1.54, 1.807) is 12.1 Å². The number of nitrogens with zero attached hydrogens (tertiary/aromatic N) is 1. The molecule has 1 fully saturated rings. The summed E-state index contributed by atoms with van der Waals surface area (Å²) in [7, 11) is 1.52. The largest absolute Gasteiger partial charge is 0.493 e. The number of benzene rings is 1. The van der Waals surface area contributed by atoms with E-state index in [4.69, 9.17) is 21.1 Å². The van der Waals surface area contributed by atoms with Gasteiger partial charge in [0.25, 0.3) is 5.91 Å². The van der Waals surface area contributed by atoms with Crippen LogP contribution in [-0.4, -0.2) is 25.2 Å². The SMILES string of the molecule is COc1cc(/C=C(\C#N)C(=O)NC2CCCCC2)cc(Cl)c1OC(C)C. The molecular weight excluding hydrogens is 352 g/mol. The Balaban J connectivity index is 2.23. The van der Waals surface area contributed by atoms with Crippen LogP contribution in [0.3, 0.4) is 0 Å². The smallest absolute Gasteiger partial charge is 0.262 e. The Bertz CT molecular complexity index is 717. The lowest BCUT2D eigenvalue weighted by molar-refractivity contribution is -0.117. The van der Waals surface area contributed by atoms with E-state index in [1.807, 2.05) is 19.9 Å². The van der Waals surface area contributed by atoms with Crippen LogP contribution in [0.5, 0.6) is 11.5 Å². The summed E-state index contributed by atoms with van der Waals surface area (Å²) >= 11 is 6.30. The molecule has 0 saturated heterocycles. The van der Waals surface area contributed by atoms with Crippen LogP contribution in [0.1, 0.15) is 51.5 Å². The fourth-order valence-electron chi connectivity index (χ4n) is 3.00. The second kappa shape index (κ2) is 9.49. The van der Waals surface area contributed by atoms with Gasteiger partial charge >= 0.3 is 0 Å². The topological polar surface area (TPSA) is 71.3 Å². The van der Waals surface area contributed by atoms with Gasteiger partial charge in [0, 0.05) is 6.04 Å². The molecule has 0 bridgehead atoms. The van der Waals surface area contributed by atoms with Crippen LogP contribution in [0.2, 0.25) is 5.02 Å². The number of hydrogen-bond donors (Lipinski definition) is 1. The zero-order valence-corrected chi connectivity index (χ0v) is 16.2. The van der Waals surface area contributed by atoms with E-state index >= 15 is 0 Å². The molecule has 6 heteroatoms. The molecule has 5 nitrogen and oxygen atoms in total. The van der Waals surface area contributed by atoms with Gasteiger partial charge in [-0.25, -0.2) is 0 Å². The highest BCUT2D eigenvalue weighted by Crippen LogP contribution is 2.37. The molecule has 0 atom stereocenters. The number of methoxy groups -OCH3 is 1. The standard InChI is InChI=1S/C20H25ClN2O3/c1-13(2)26-19-17(21)10-14(11-18(19)25-3)9-15(12-22)20(24)23-16-7-5-4-6-8-16/h9-11,13,16H,4-8H2,1-3H3,(H,23,24)/b15-9+. The summed E-state index contributed by atoms with van der Waals surface area (Å²) < 4.78 is 11.0. The third-order valence-electron chi connectivity index (χ3n) is 4.22. The highest BCUT2D eigenvalue weighted by atomic mass is 35.5. The zero-order chi connectivity index (χ0) is 19.1. The second-order valence-corrected chi connectivity index (χ2v) is 7.09. The Morgan fingerprint density at radius 1 is 1.35 bits per heavy atom. The number of rotatable bonds is 6. The molecular formula is C20H25ClN2O3. The van der Waals surface area contributed by atoms with E-state index in [2.05, 4.69) is 5.32 Å². The van der Waals surface area contributed by atoms with Crippen molar-refractivity contribution in [1.82, 2.24) is 5.32 Å². The van der Waals surface area contributed by atoms with Gasteiger partial charge in [-0.2, -0.15) is 5.26 Å². The molecule has 1 aliphatic carbocycles. The number of halogens is 1. The maximum absolute atomic E-state index is 12.4. The molecule has 0 spiro atoms. The van der Waals surface area contributed by atoms with Crippen molar-refractivity contribution >= 4 is 23.6 Å². The van der Waals surface area contributed by atoms with Gasteiger partial charge in [0.2, 0.25) is 0 Å². The first-order valence-corrected chi connectivity index (χ1v) is 9.29. The van der Waals surface area contributed by atoms with E-state index in [-0.39, 0.29) is 23.6 Å². The van der Waals surface area contributed by atoms with Crippen LogP contribution in [-0.2, 0) is 4.79 Å². The number of carbonyl (C=O) groups is 1. The summed E-state index contributed by atoms with van der Waals surface area (Å²) in [6.07, 6.45) is 6.82. The van der Waals surface area contributed by atoms with Gasteiger partial charge in [-0.1, -0.05) is 30.9 Å². The molecule has 0 aliphatic heterocycles. The molecule has 1 saturated carbocycles. The second-order valence-electron chi connectivity index (χ2n) is 6.68. The normalized spacial score (nSPS) is 15.5. The Hall–Kier alpha value is -2.19. The van der Waals surface area contributed by atoms with Crippen LogP contribution in [0.4, 0.5) is 0 Å². The number of nitriles is 1. The highest BCUT2D eigenvalue weighted by molar-refractivity contribution is 6.32. The van der Waals surface area contributed by atoms with Gasteiger partial charge in [0.15, 0.2) is 11.5 Å². The third kappa shape index (κ3) is 5.40. The van der Waals surface area contributed by atoms with Crippen molar-refractivity contribution in [1.29, 1.82) is 5.26 Å². The van der Waals surface area contributed by atoms with Crippen molar-refractivity contribution in [2.75, 3.05) is 7.11 Å². The molecule has 26 heavy (non-hydrogen) atoms. The lowest BCUT2D eigenvalue weighted by Crippen LogP contribution is -2.36. The quantitative estimate of drug-likeness (QED) is 0.586. The summed E-state index contributed by atoms with van der Waals surface area (Å²) in [5, 5.41) is 12.7. The number of hydrogen-bond acceptors (Lipinski definition) is 4. The van der Waals surface area contributed by atoms with Gasteiger partial charge < -0.3 is 14.8 Å². The number of ether oxygens (including phenoxy) is 2. The molecule has 1 aromatic rings. The lowest BCUT2D eigenvalue weighted by atomic mass is 9.95. The maximum Gasteiger partial charge on any atom is 0.262 e. The first kappa shape index (κ1) is 20.1. The van der Waals surface area contributed by atoms with Crippen molar-refractivity contribution in [2.45, 2.75) is 58.1 Å². The first-order valence-electron chi connectivity index (χ1n) is 8.91. The summed E-state index contributed by atoms with van der Waals surface area (Å²) in [5.41, 5.74) is 0.657. The van der Waals surface area contributed by atoms with E-state index < -0.39 is 0 Å². The van der Waals surface area contributed by atoms with Crippen molar-refractivity contribution in [2.24, 2.45) is 0 Å². The minimum atomic E-state index is -0.350. The van der Waals surface area contributed by atoms with E-state index in [0.29, 0.717) is 22.1 Å². The third-order valence-corrected chi connectivity index (χ3v) is 4.50. The van der Waals surface area contributed by atoms with Crippen LogP contribution in [0.25, 0.3) is 6.08 Å². The van der Waals surface area contributed by atoms with Crippen molar-refractivity contribution in [3.8, 4) is 17.6 Å². The van der Waals surface area contributed by atoms with Gasteiger partial charge in [0.05, 0.1) is 18.2 Å². The van der Waals surface area contributed by atoms with Crippen molar-refractivity contribution in [3.05, 3.63) is 28.3 Å². The van der Waals surface area contributed by atoms with Gasteiger partial charge in [-0.15, -0.1) is 0 Å². The number of carbonyl (C=O) groups excluding carboxylic acids is 1. The average molecular weight is 377 g/mol. The lowest BCUT2D eigenvalue weighted by Gasteiger charge is -2.22. The van der Waals surface area contributed by atoms with Crippen LogP contribution in [0, 0.1) is 11.3 Å². The fourth-order valence-corrected chi connectivity index (χ4v) is 3.26. The number of nitrogens with one attached hydrogen (secondary N) is 1. The van der Waals surface area contributed by atoms with Gasteiger partial charge in [-0.3, -0.25) is 4.79 Å². The molecule has 1 aliphatic rings. The van der Waals surface area contributed by atoms with E-state index in [1.165, 1.54) is 19.6 Å². The Morgan fingerprint density at radius 3 is 2.62 bits per heavy atom. The number of amides is 1. The van der Waals surface area contributed by atoms with Crippen molar-refractivity contribution < 1.29 is 14.3 Å². The van der Waals surface area contributed by atoms with Crippen LogP contribution >= 0.6 is 11.6 Å².